The zero-order chi connectivity index (χ0) is 11.1. The highest BCUT2D eigenvalue weighted by Gasteiger charge is 2.26. The molecule has 0 saturated heterocycles. The Morgan fingerprint density at radius 3 is 2.93 bits per heavy atom. The summed E-state index contributed by atoms with van der Waals surface area (Å²) < 4.78 is 0. The van der Waals surface area contributed by atoms with Gasteiger partial charge in [0.2, 0.25) is 5.91 Å². The molecule has 3 N–H and O–H groups in total. The van der Waals surface area contributed by atoms with E-state index in [2.05, 4.69) is 5.32 Å². The Balaban J connectivity index is 2.37. The number of amides is 1. The highest BCUT2D eigenvalue weighted by atomic mass is 16.1. The lowest BCUT2D eigenvalue weighted by atomic mass is 10.0. The summed E-state index contributed by atoms with van der Waals surface area (Å²) >= 11 is 0. The van der Waals surface area contributed by atoms with Gasteiger partial charge in [-0.25, -0.2) is 0 Å². The van der Waals surface area contributed by atoms with Crippen LogP contribution >= 0.6 is 0 Å². The van der Waals surface area contributed by atoms with Crippen molar-refractivity contribution in [2.75, 3.05) is 6.54 Å². The van der Waals surface area contributed by atoms with Gasteiger partial charge < -0.3 is 11.1 Å². The molecule has 3 nitrogen and oxygen atoms in total. The molecule has 0 spiro atoms. The van der Waals surface area contributed by atoms with Gasteiger partial charge in [-0.05, 0) is 32.2 Å². The van der Waals surface area contributed by atoms with Gasteiger partial charge in [0.25, 0.3) is 0 Å². The first-order chi connectivity index (χ1) is 7.27. The largest absolute Gasteiger partial charge is 0.349 e. The van der Waals surface area contributed by atoms with Gasteiger partial charge in [-0.15, -0.1) is 0 Å². The van der Waals surface area contributed by atoms with E-state index in [4.69, 9.17) is 5.73 Å². The summed E-state index contributed by atoms with van der Waals surface area (Å²) in [5, 5.41) is 3.00. The number of carbonyl (C=O) groups excluding carboxylic acids is 1. The summed E-state index contributed by atoms with van der Waals surface area (Å²) in [5.74, 6) is 0.447. The highest BCUT2D eigenvalue weighted by Crippen LogP contribution is 2.24. The van der Waals surface area contributed by atoms with E-state index in [1.54, 1.807) is 12.2 Å². The summed E-state index contributed by atoms with van der Waals surface area (Å²) in [5.41, 5.74) is 5.64. The minimum atomic E-state index is -0.0153. The van der Waals surface area contributed by atoms with Crippen LogP contribution in [0.25, 0.3) is 0 Å². The number of rotatable bonds is 4. The van der Waals surface area contributed by atoms with Gasteiger partial charge in [0.1, 0.15) is 0 Å². The molecular weight excluding hydrogens is 188 g/mol. The molecular formula is C12H20N2O. The topological polar surface area (TPSA) is 55.1 Å². The Kier molecular flexibility index (Phi) is 5.12. The van der Waals surface area contributed by atoms with Gasteiger partial charge >= 0.3 is 0 Å². The molecule has 84 valence electrons. The molecule has 1 aliphatic carbocycles. The van der Waals surface area contributed by atoms with Crippen LogP contribution in [0.2, 0.25) is 0 Å². The monoisotopic (exact) mass is 208 g/mol. The minimum Gasteiger partial charge on any atom is -0.349 e. The Morgan fingerprint density at radius 1 is 1.47 bits per heavy atom. The molecule has 15 heavy (non-hydrogen) atoms. The van der Waals surface area contributed by atoms with Crippen LogP contribution in [0.3, 0.4) is 0 Å². The standard InChI is InChI=1S/C12H20N2O/c1-2-3-4-8-12(15)14-11-7-5-6-10(11)9-13/h2-4,8,10-11H,5-7,9,13H2,1H3,(H,14,15). The second-order valence-electron chi connectivity index (χ2n) is 3.93. The molecule has 1 fully saturated rings. The predicted molar refractivity (Wildman–Crippen MR) is 62.3 cm³/mol. The lowest BCUT2D eigenvalue weighted by Gasteiger charge is -2.18. The predicted octanol–water partition coefficient (Wildman–Crippen LogP) is 1.36. The van der Waals surface area contributed by atoms with E-state index in [0.717, 1.165) is 12.8 Å². The third-order valence-corrected chi connectivity index (χ3v) is 2.84. The number of hydrogen-bond donors (Lipinski definition) is 2. The Bertz CT molecular complexity index is 258. The van der Waals surface area contributed by atoms with E-state index < -0.39 is 0 Å². The van der Waals surface area contributed by atoms with E-state index in [1.807, 2.05) is 19.1 Å². The first-order valence-electron chi connectivity index (χ1n) is 5.58. The van der Waals surface area contributed by atoms with Crippen molar-refractivity contribution in [1.82, 2.24) is 5.32 Å². The van der Waals surface area contributed by atoms with Gasteiger partial charge in [0.15, 0.2) is 0 Å². The molecule has 2 atom stereocenters. The van der Waals surface area contributed by atoms with Gasteiger partial charge in [-0.2, -0.15) is 0 Å². The molecule has 0 aliphatic heterocycles. The molecule has 1 aliphatic rings. The first kappa shape index (κ1) is 12.0. The van der Waals surface area contributed by atoms with Crippen LogP contribution in [0.4, 0.5) is 0 Å². The molecule has 2 unspecified atom stereocenters. The van der Waals surface area contributed by atoms with Crippen LogP contribution in [0, 0.1) is 5.92 Å². The zero-order valence-corrected chi connectivity index (χ0v) is 9.28. The smallest absolute Gasteiger partial charge is 0.244 e. The summed E-state index contributed by atoms with van der Waals surface area (Å²) in [4.78, 5) is 11.5. The summed E-state index contributed by atoms with van der Waals surface area (Å²) in [6.07, 6.45) is 10.4. The Hall–Kier alpha value is -1.09. The van der Waals surface area contributed by atoms with Crippen LogP contribution in [-0.4, -0.2) is 18.5 Å². The van der Waals surface area contributed by atoms with E-state index in [-0.39, 0.29) is 11.9 Å². The van der Waals surface area contributed by atoms with Gasteiger partial charge in [-0.3, -0.25) is 4.79 Å². The molecule has 0 heterocycles. The van der Waals surface area contributed by atoms with E-state index in [0.29, 0.717) is 12.5 Å². The third kappa shape index (κ3) is 3.88. The fourth-order valence-corrected chi connectivity index (χ4v) is 1.99. The molecule has 0 radical (unpaired) electrons. The minimum absolute atomic E-state index is 0.0153. The fraction of sp³-hybridized carbons (Fsp3) is 0.583. The van der Waals surface area contributed by atoms with Gasteiger partial charge in [0, 0.05) is 12.1 Å². The molecule has 1 saturated carbocycles. The quantitative estimate of drug-likeness (QED) is 0.541. The average Bonchev–Trinajstić information content (AvgIpc) is 2.65. The summed E-state index contributed by atoms with van der Waals surface area (Å²) in [7, 11) is 0. The molecule has 0 aromatic rings. The van der Waals surface area contributed by atoms with Crippen LogP contribution in [0.5, 0.6) is 0 Å². The van der Waals surface area contributed by atoms with Gasteiger partial charge in [-0.1, -0.05) is 24.6 Å². The maximum absolute atomic E-state index is 11.5. The normalized spacial score (nSPS) is 26.5. The van der Waals surface area contributed by atoms with Crippen molar-refractivity contribution in [1.29, 1.82) is 0 Å². The highest BCUT2D eigenvalue weighted by molar-refractivity contribution is 5.88. The Morgan fingerprint density at radius 2 is 2.27 bits per heavy atom. The zero-order valence-electron chi connectivity index (χ0n) is 9.28. The summed E-state index contributed by atoms with van der Waals surface area (Å²) in [6.45, 7) is 2.59. The van der Waals surface area contributed by atoms with Crippen LogP contribution in [-0.2, 0) is 4.79 Å². The summed E-state index contributed by atoms with van der Waals surface area (Å²) in [6, 6.07) is 0.276. The molecule has 1 amide bonds. The maximum atomic E-state index is 11.5. The van der Waals surface area contributed by atoms with Crippen molar-refractivity contribution in [3.63, 3.8) is 0 Å². The molecule has 3 heteroatoms. The van der Waals surface area contributed by atoms with Crippen molar-refractivity contribution in [2.45, 2.75) is 32.2 Å². The SMILES string of the molecule is CC=CC=CC(=O)NC1CCCC1CN. The van der Waals surface area contributed by atoms with Crippen molar-refractivity contribution < 1.29 is 4.79 Å². The lowest BCUT2D eigenvalue weighted by molar-refractivity contribution is -0.117. The van der Waals surface area contributed by atoms with E-state index in [1.165, 1.54) is 6.42 Å². The number of hydrogen-bond acceptors (Lipinski definition) is 2. The molecule has 0 aromatic carbocycles. The molecule has 0 bridgehead atoms. The number of nitrogens with two attached hydrogens (primary N) is 1. The number of carbonyl (C=O) groups is 1. The lowest BCUT2D eigenvalue weighted by Crippen LogP contribution is -2.39. The molecule has 0 aromatic heterocycles. The van der Waals surface area contributed by atoms with E-state index >= 15 is 0 Å². The number of nitrogens with one attached hydrogen (secondary N) is 1. The first-order valence-corrected chi connectivity index (χ1v) is 5.58. The van der Waals surface area contributed by atoms with Gasteiger partial charge in [0.05, 0.1) is 0 Å². The van der Waals surface area contributed by atoms with Crippen molar-refractivity contribution >= 4 is 5.91 Å². The second kappa shape index (κ2) is 6.40. The van der Waals surface area contributed by atoms with Crippen molar-refractivity contribution in [3.8, 4) is 0 Å². The van der Waals surface area contributed by atoms with Crippen LogP contribution in [0.1, 0.15) is 26.2 Å². The number of allylic oxidation sites excluding steroid dienone is 3. The van der Waals surface area contributed by atoms with Crippen molar-refractivity contribution in [2.24, 2.45) is 11.7 Å². The van der Waals surface area contributed by atoms with E-state index in [9.17, 15) is 4.79 Å². The maximum Gasteiger partial charge on any atom is 0.244 e. The van der Waals surface area contributed by atoms with Crippen LogP contribution < -0.4 is 11.1 Å². The average molecular weight is 208 g/mol. The third-order valence-electron chi connectivity index (χ3n) is 2.84. The Labute approximate surface area is 91.4 Å². The van der Waals surface area contributed by atoms with Crippen LogP contribution in [0.15, 0.2) is 24.3 Å². The molecule has 1 rings (SSSR count). The van der Waals surface area contributed by atoms with Crippen molar-refractivity contribution in [3.05, 3.63) is 24.3 Å². The fourth-order valence-electron chi connectivity index (χ4n) is 1.99. The second-order valence-corrected chi connectivity index (χ2v) is 3.93.